The van der Waals surface area contributed by atoms with Crippen molar-refractivity contribution in [3.8, 4) is 23.6 Å². The molecule has 0 N–H and O–H groups in total. The topological polar surface area (TPSA) is 61.4 Å². The first-order valence-corrected chi connectivity index (χ1v) is 11.6. The minimum atomic E-state index is -0.439. The van der Waals surface area contributed by atoms with Crippen molar-refractivity contribution >= 4 is 0 Å². The standard InChI is InChI=1S/C25H32N6/c1-4-24(5-2,6-3)30-20-23(27-29-30)25(17-13-8-7-9-14-18-25)31-19-22(26-28-31)21-15-11-10-12-16-21/h1,10-12,15-16,19-20H,5-9,13-14,17-18H2,2-3H3. The van der Waals surface area contributed by atoms with Crippen molar-refractivity contribution in [3.05, 3.63) is 48.4 Å². The van der Waals surface area contributed by atoms with Crippen molar-refractivity contribution in [3.63, 3.8) is 0 Å². The van der Waals surface area contributed by atoms with Gasteiger partial charge in [-0.3, -0.25) is 0 Å². The smallest absolute Gasteiger partial charge is 0.124 e. The Morgan fingerprint density at radius 1 is 0.935 bits per heavy atom. The summed E-state index contributed by atoms with van der Waals surface area (Å²) in [6.45, 7) is 4.22. The molecule has 2 aromatic heterocycles. The van der Waals surface area contributed by atoms with E-state index >= 15 is 0 Å². The van der Waals surface area contributed by atoms with E-state index in [4.69, 9.17) is 6.42 Å². The van der Waals surface area contributed by atoms with Crippen molar-refractivity contribution in [1.82, 2.24) is 30.0 Å². The van der Waals surface area contributed by atoms with Crippen LogP contribution in [0.15, 0.2) is 42.7 Å². The quantitative estimate of drug-likeness (QED) is 0.520. The number of hydrogen-bond acceptors (Lipinski definition) is 4. The lowest BCUT2D eigenvalue weighted by Crippen LogP contribution is -2.37. The van der Waals surface area contributed by atoms with Gasteiger partial charge >= 0.3 is 0 Å². The van der Waals surface area contributed by atoms with Gasteiger partial charge in [-0.05, 0) is 25.7 Å². The Balaban J connectivity index is 1.79. The van der Waals surface area contributed by atoms with Crippen LogP contribution in [-0.2, 0) is 11.1 Å². The second kappa shape index (κ2) is 9.05. The van der Waals surface area contributed by atoms with Gasteiger partial charge in [-0.2, -0.15) is 0 Å². The Hall–Kier alpha value is -2.94. The number of aromatic nitrogens is 6. The average molecular weight is 417 g/mol. The van der Waals surface area contributed by atoms with Gasteiger partial charge in [-0.15, -0.1) is 16.6 Å². The van der Waals surface area contributed by atoms with E-state index in [0.717, 1.165) is 55.5 Å². The number of hydrogen-bond donors (Lipinski definition) is 0. The van der Waals surface area contributed by atoms with Gasteiger partial charge in [-0.1, -0.05) is 92.6 Å². The summed E-state index contributed by atoms with van der Waals surface area (Å²) < 4.78 is 3.95. The van der Waals surface area contributed by atoms with E-state index in [1.165, 1.54) is 19.3 Å². The Morgan fingerprint density at radius 3 is 2.26 bits per heavy atom. The van der Waals surface area contributed by atoms with Crippen LogP contribution in [-0.4, -0.2) is 30.0 Å². The van der Waals surface area contributed by atoms with Crippen molar-refractivity contribution in [1.29, 1.82) is 0 Å². The number of terminal acetylenes is 1. The van der Waals surface area contributed by atoms with E-state index in [1.807, 2.05) is 27.6 Å². The summed E-state index contributed by atoms with van der Waals surface area (Å²) in [6, 6.07) is 10.2. The predicted molar refractivity (Wildman–Crippen MR) is 122 cm³/mol. The van der Waals surface area contributed by atoms with Crippen LogP contribution >= 0.6 is 0 Å². The molecule has 0 saturated heterocycles. The molecule has 1 aliphatic rings. The summed E-state index contributed by atoms with van der Waals surface area (Å²) in [5.41, 5.74) is 2.11. The second-order valence-corrected chi connectivity index (χ2v) is 8.65. The predicted octanol–water partition coefficient (Wildman–Crippen LogP) is 5.17. The molecule has 1 fully saturated rings. The third-order valence-electron chi connectivity index (χ3n) is 7.03. The lowest BCUT2D eigenvalue weighted by molar-refractivity contribution is 0.232. The molecule has 31 heavy (non-hydrogen) atoms. The summed E-state index contributed by atoms with van der Waals surface area (Å²) in [5, 5.41) is 18.3. The molecule has 0 atom stereocenters. The molecule has 2 heterocycles. The molecule has 162 valence electrons. The molecule has 6 nitrogen and oxygen atoms in total. The largest absolute Gasteiger partial charge is 0.240 e. The van der Waals surface area contributed by atoms with Crippen LogP contribution in [0.25, 0.3) is 11.3 Å². The molecule has 1 aliphatic carbocycles. The highest BCUT2D eigenvalue weighted by Gasteiger charge is 2.40. The van der Waals surface area contributed by atoms with Crippen LogP contribution in [0.1, 0.15) is 77.3 Å². The van der Waals surface area contributed by atoms with Crippen molar-refractivity contribution in [2.24, 2.45) is 0 Å². The van der Waals surface area contributed by atoms with Crippen LogP contribution in [0.4, 0.5) is 0 Å². The fraction of sp³-hybridized carbons (Fsp3) is 0.520. The van der Waals surface area contributed by atoms with E-state index < -0.39 is 5.54 Å². The molecule has 0 spiro atoms. The maximum Gasteiger partial charge on any atom is 0.124 e. The first-order valence-electron chi connectivity index (χ1n) is 11.6. The van der Waals surface area contributed by atoms with E-state index in [1.54, 1.807) is 0 Å². The monoisotopic (exact) mass is 416 g/mol. The third kappa shape index (κ3) is 3.89. The summed E-state index contributed by atoms with van der Waals surface area (Å²) in [6.07, 6.45) is 19.7. The lowest BCUT2D eigenvalue weighted by atomic mass is 9.81. The highest BCUT2D eigenvalue weighted by Crippen LogP contribution is 2.39. The molecular weight excluding hydrogens is 384 g/mol. The Morgan fingerprint density at radius 2 is 1.61 bits per heavy atom. The van der Waals surface area contributed by atoms with E-state index in [-0.39, 0.29) is 5.54 Å². The van der Waals surface area contributed by atoms with Crippen LogP contribution in [0.3, 0.4) is 0 Å². The van der Waals surface area contributed by atoms with Crippen molar-refractivity contribution in [2.75, 3.05) is 0 Å². The highest BCUT2D eigenvalue weighted by molar-refractivity contribution is 5.57. The average Bonchev–Trinajstić information content (AvgIpc) is 3.48. The zero-order chi connectivity index (χ0) is 21.7. The van der Waals surface area contributed by atoms with Gasteiger partial charge in [0.05, 0.1) is 12.4 Å². The summed E-state index contributed by atoms with van der Waals surface area (Å²) in [4.78, 5) is 0. The fourth-order valence-corrected chi connectivity index (χ4v) is 4.84. The van der Waals surface area contributed by atoms with E-state index in [0.29, 0.717) is 0 Å². The molecule has 0 unspecified atom stereocenters. The minimum Gasteiger partial charge on any atom is -0.240 e. The molecule has 3 aromatic rings. The molecular formula is C25H32N6. The normalized spacial score (nSPS) is 16.9. The fourth-order valence-electron chi connectivity index (χ4n) is 4.84. The van der Waals surface area contributed by atoms with E-state index in [9.17, 15) is 0 Å². The van der Waals surface area contributed by atoms with Crippen molar-refractivity contribution in [2.45, 2.75) is 82.7 Å². The minimum absolute atomic E-state index is 0.347. The summed E-state index contributed by atoms with van der Waals surface area (Å²) >= 11 is 0. The van der Waals surface area contributed by atoms with Crippen LogP contribution < -0.4 is 0 Å². The molecule has 0 aliphatic heterocycles. The van der Waals surface area contributed by atoms with E-state index in [2.05, 4.69) is 64.9 Å². The third-order valence-corrected chi connectivity index (χ3v) is 7.03. The molecule has 1 saturated carbocycles. The van der Waals surface area contributed by atoms with Crippen LogP contribution in [0.5, 0.6) is 0 Å². The first kappa shape index (κ1) is 21.3. The Labute approximate surface area is 185 Å². The Bertz CT molecular complexity index is 1010. The summed E-state index contributed by atoms with van der Waals surface area (Å²) in [5.74, 6) is 2.97. The molecule has 0 bridgehead atoms. The van der Waals surface area contributed by atoms with Gasteiger partial charge in [0.15, 0.2) is 0 Å². The molecule has 0 amide bonds. The number of rotatable bonds is 6. The van der Waals surface area contributed by atoms with Crippen LogP contribution in [0, 0.1) is 12.3 Å². The molecule has 6 heteroatoms. The first-order chi connectivity index (χ1) is 15.2. The van der Waals surface area contributed by atoms with Gasteiger partial charge in [0, 0.05) is 5.56 Å². The van der Waals surface area contributed by atoms with Crippen molar-refractivity contribution < 1.29 is 0 Å². The maximum absolute atomic E-state index is 5.94. The summed E-state index contributed by atoms with van der Waals surface area (Å²) in [7, 11) is 0. The molecule has 4 rings (SSSR count). The molecule has 1 aromatic carbocycles. The van der Waals surface area contributed by atoms with Gasteiger partial charge in [0.1, 0.15) is 22.5 Å². The molecule has 0 radical (unpaired) electrons. The van der Waals surface area contributed by atoms with Gasteiger partial charge in [0.2, 0.25) is 0 Å². The number of nitrogens with zero attached hydrogens (tertiary/aromatic N) is 6. The highest BCUT2D eigenvalue weighted by atomic mass is 15.5. The number of benzene rings is 1. The Kier molecular flexibility index (Phi) is 6.22. The van der Waals surface area contributed by atoms with Gasteiger partial charge in [0.25, 0.3) is 0 Å². The maximum atomic E-state index is 5.94. The lowest BCUT2D eigenvalue weighted by Gasteiger charge is -2.33. The SMILES string of the molecule is C#CC(CC)(CC)n1cc(C2(n3cc(-c4ccccc4)nn3)CCCCCCC2)nn1. The zero-order valence-electron chi connectivity index (χ0n) is 18.7. The van der Waals surface area contributed by atoms with Gasteiger partial charge in [-0.25, -0.2) is 9.36 Å². The van der Waals surface area contributed by atoms with Crippen LogP contribution in [0.2, 0.25) is 0 Å². The zero-order valence-corrected chi connectivity index (χ0v) is 18.7. The second-order valence-electron chi connectivity index (χ2n) is 8.65. The van der Waals surface area contributed by atoms with Gasteiger partial charge < -0.3 is 0 Å².